The maximum Gasteiger partial charge on any atom is 0.220 e. The van der Waals surface area contributed by atoms with Crippen molar-refractivity contribution < 1.29 is 0 Å². The van der Waals surface area contributed by atoms with E-state index in [0.717, 1.165) is 36.5 Å². The van der Waals surface area contributed by atoms with Crippen LogP contribution in [0, 0.1) is 0 Å². The third-order valence-corrected chi connectivity index (χ3v) is 4.82. The van der Waals surface area contributed by atoms with Crippen molar-refractivity contribution >= 4 is 21.6 Å². The summed E-state index contributed by atoms with van der Waals surface area (Å²) >= 11 is 0. The van der Waals surface area contributed by atoms with E-state index in [-0.39, 0.29) is 0 Å². The van der Waals surface area contributed by atoms with Crippen LogP contribution in [-0.4, -0.2) is 91.5 Å². The van der Waals surface area contributed by atoms with Crippen LogP contribution in [0.2, 0.25) is 0 Å². The van der Waals surface area contributed by atoms with Crippen LogP contribution >= 0.6 is 21.6 Å². The molecule has 0 aliphatic heterocycles. The molecule has 0 amide bonds. The standard InChI is InChI=1S/C10H20N10S2/c1-17(2)5-7-19-9(11-13-15-19)21-22-10-12-14-16-20(10)8-6-18(3)4/h5-8H2,1-4H3. The second kappa shape index (κ2) is 8.41. The smallest absolute Gasteiger partial charge is 0.220 e. The van der Waals surface area contributed by atoms with E-state index in [1.54, 1.807) is 9.36 Å². The Morgan fingerprint density at radius 3 is 1.55 bits per heavy atom. The summed E-state index contributed by atoms with van der Waals surface area (Å²) in [5, 5.41) is 25.0. The Morgan fingerprint density at radius 2 is 1.18 bits per heavy atom. The zero-order valence-electron chi connectivity index (χ0n) is 13.1. The fourth-order valence-electron chi connectivity index (χ4n) is 1.46. The summed E-state index contributed by atoms with van der Waals surface area (Å²) in [5.74, 6) is 0. The topological polar surface area (TPSA) is 93.7 Å². The van der Waals surface area contributed by atoms with E-state index in [1.165, 1.54) is 21.6 Å². The van der Waals surface area contributed by atoms with Crippen LogP contribution in [0.4, 0.5) is 0 Å². The molecule has 122 valence electrons. The quantitative estimate of drug-likeness (QED) is 0.558. The van der Waals surface area contributed by atoms with Gasteiger partial charge < -0.3 is 9.80 Å². The lowest BCUT2D eigenvalue weighted by Crippen LogP contribution is -2.19. The van der Waals surface area contributed by atoms with Gasteiger partial charge in [0, 0.05) is 13.1 Å². The molecule has 0 bridgehead atoms. The lowest BCUT2D eigenvalue weighted by Gasteiger charge is -2.10. The largest absolute Gasteiger partial charge is 0.308 e. The van der Waals surface area contributed by atoms with E-state index >= 15 is 0 Å². The maximum atomic E-state index is 4.04. The van der Waals surface area contributed by atoms with Gasteiger partial charge in [-0.3, -0.25) is 0 Å². The van der Waals surface area contributed by atoms with Gasteiger partial charge in [0.1, 0.15) is 0 Å². The molecule has 2 rings (SSSR count). The van der Waals surface area contributed by atoms with Crippen LogP contribution in [0.3, 0.4) is 0 Å². The molecule has 0 radical (unpaired) electrons. The molecule has 0 saturated carbocycles. The molecule has 12 heteroatoms. The van der Waals surface area contributed by atoms with Crippen LogP contribution < -0.4 is 0 Å². The molecule has 0 aromatic carbocycles. The van der Waals surface area contributed by atoms with Crippen molar-refractivity contribution in [3.8, 4) is 0 Å². The van der Waals surface area contributed by atoms with Gasteiger partial charge >= 0.3 is 0 Å². The first kappa shape index (κ1) is 17.1. The molecule has 0 spiro atoms. The summed E-state index contributed by atoms with van der Waals surface area (Å²) in [7, 11) is 11.0. The molecule has 2 aromatic rings. The molecule has 0 unspecified atom stereocenters. The van der Waals surface area contributed by atoms with Crippen molar-refractivity contribution in [1.82, 2.24) is 50.2 Å². The Bertz CT molecular complexity index is 515. The number of likely N-dealkylation sites (N-methyl/N-ethyl adjacent to an activating group) is 2. The van der Waals surface area contributed by atoms with E-state index < -0.39 is 0 Å². The van der Waals surface area contributed by atoms with Crippen LogP contribution in [0.5, 0.6) is 0 Å². The summed E-state index contributed by atoms with van der Waals surface area (Å²) in [6.45, 7) is 3.25. The SMILES string of the molecule is CN(C)CCn1nnnc1SSc1nnnn1CCN(C)C. The molecule has 0 N–H and O–H groups in total. The number of aromatic nitrogens is 8. The predicted molar refractivity (Wildman–Crippen MR) is 84.5 cm³/mol. The molecule has 22 heavy (non-hydrogen) atoms. The molecule has 2 aromatic heterocycles. The Hall–Kier alpha value is -1.24. The minimum absolute atomic E-state index is 0.744. The second-order valence-corrected chi connectivity index (χ2v) is 7.21. The van der Waals surface area contributed by atoms with Gasteiger partial charge in [-0.05, 0) is 70.6 Å². The molecule has 0 aliphatic carbocycles. The minimum Gasteiger partial charge on any atom is -0.308 e. The molecule has 0 fully saturated rings. The van der Waals surface area contributed by atoms with Crippen LogP contribution in [-0.2, 0) is 13.1 Å². The zero-order valence-corrected chi connectivity index (χ0v) is 14.8. The van der Waals surface area contributed by atoms with Crippen LogP contribution in [0.25, 0.3) is 0 Å². The highest BCUT2D eigenvalue weighted by Gasteiger charge is 2.12. The Kier molecular flexibility index (Phi) is 6.54. The van der Waals surface area contributed by atoms with Crippen molar-refractivity contribution in [2.45, 2.75) is 23.4 Å². The first-order valence-electron chi connectivity index (χ1n) is 6.72. The molecule has 10 nitrogen and oxygen atoms in total. The lowest BCUT2D eigenvalue weighted by atomic mass is 10.6. The molecule has 0 aliphatic rings. The average molecular weight is 344 g/mol. The monoisotopic (exact) mass is 344 g/mol. The van der Waals surface area contributed by atoms with Gasteiger partial charge in [0.05, 0.1) is 13.1 Å². The third-order valence-electron chi connectivity index (χ3n) is 2.71. The highest BCUT2D eigenvalue weighted by molar-refractivity contribution is 8.76. The first-order chi connectivity index (χ1) is 10.6. The molecule has 2 heterocycles. The molecular weight excluding hydrogens is 324 g/mol. The normalized spacial score (nSPS) is 11.7. The molecule has 0 atom stereocenters. The average Bonchev–Trinajstić information content (AvgIpc) is 3.09. The van der Waals surface area contributed by atoms with Crippen molar-refractivity contribution in [3.05, 3.63) is 0 Å². The van der Waals surface area contributed by atoms with Gasteiger partial charge in [-0.2, -0.15) is 0 Å². The Balaban J connectivity index is 1.91. The fraction of sp³-hybridized carbons (Fsp3) is 0.800. The highest BCUT2D eigenvalue weighted by Crippen LogP contribution is 2.34. The van der Waals surface area contributed by atoms with E-state index in [9.17, 15) is 0 Å². The van der Waals surface area contributed by atoms with Gasteiger partial charge in [-0.25, -0.2) is 9.36 Å². The Labute approximate surface area is 137 Å². The van der Waals surface area contributed by atoms with Gasteiger partial charge in [0.15, 0.2) is 0 Å². The van der Waals surface area contributed by atoms with Crippen LogP contribution in [0.15, 0.2) is 10.3 Å². The first-order valence-corrected chi connectivity index (χ1v) is 8.87. The van der Waals surface area contributed by atoms with Gasteiger partial charge in [0.25, 0.3) is 0 Å². The zero-order chi connectivity index (χ0) is 15.9. The summed E-state index contributed by atoms with van der Waals surface area (Å²) in [6, 6.07) is 0. The summed E-state index contributed by atoms with van der Waals surface area (Å²) in [6.07, 6.45) is 0. The summed E-state index contributed by atoms with van der Waals surface area (Å²) in [5.41, 5.74) is 0. The lowest BCUT2D eigenvalue weighted by molar-refractivity contribution is 0.361. The maximum absolute atomic E-state index is 4.04. The number of tetrazole rings is 2. The van der Waals surface area contributed by atoms with Crippen molar-refractivity contribution in [3.63, 3.8) is 0 Å². The van der Waals surface area contributed by atoms with Crippen molar-refractivity contribution in [2.24, 2.45) is 0 Å². The van der Waals surface area contributed by atoms with Crippen molar-refractivity contribution in [1.29, 1.82) is 0 Å². The summed E-state index contributed by atoms with van der Waals surface area (Å²) in [4.78, 5) is 4.18. The number of hydrogen-bond donors (Lipinski definition) is 0. The minimum atomic E-state index is 0.744. The van der Waals surface area contributed by atoms with E-state index in [0.29, 0.717) is 0 Å². The van der Waals surface area contributed by atoms with E-state index in [1.807, 2.05) is 28.2 Å². The fourth-order valence-corrected chi connectivity index (χ4v) is 3.34. The number of hydrogen-bond acceptors (Lipinski definition) is 10. The molecule has 0 saturated heterocycles. The van der Waals surface area contributed by atoms with E-state index in [4.69, 9.17) is 0 Å². The number of rotatable bonds is 9. The van der Waals surface area contributed by atoms with Crippen molar-refractivity contribution in [2.75, 3.05) is 41.3 Å². The van der Waals surface area contributed by atoms with Crippen LogP contribution in [0.1, 0.15) is 0 Å². The van der Waals surface area contributed by atoms with Gasteiger partial charge in [0.2, 0.25) is 10.3 Å². The Morgan fingerprint density at radius 1 is 0.773 bits per heavy atom. The predicted octanol–water partition coefficient (Wildman–Crippen LogP) is -0.418. The summed E-state index contributed by atoms with van der Waals surface area (Å²) < 4.78 is 3.57. The van der Waals surface area contributed by atoms with E-state index in [2.05, 4.69) is 40.9 Å². The molecular formula is C10H20N10S2. The number of nitrogens with zero attached hydrogens (tertiary/aromatic N) is 10. The highest BCUT2D eigenvalue weighted by atomic mass is 33.1. The second-order valence-electron chi connectivity index (χ2n) is 5.14. The van der Waals surface area contributed by atoms with Gasteiger partial charge in [-0.1, -0.05) is 0 Å². The third kappa shape index (κ3) is 5.19. The van der Waals surface area contributed by atoms with Gasteiger partial charge in [-0.15, -0.1) is 10.2 Å².